The molecule has 3 rings (SSSR count). The molecule has 0 aliphatic heterocycles. The van der Waals surface area contributed by atoms with Gasteiger partial charge in [-0.2, -0.15) is 0 Å². The lowest BCUT2D eigenvalue weighted by molar-refractivity contribution is 0.0973. The third-order valence-electron chi connectivity index (χ3n) is 3.83. The number of benzene rings is 2. The minimum atomic E-state index is -0.375. The normalized spacial score (nSPS) is 14.9. The maximum atomic E-state index is 12.3. The second-order valence-electron chi connectivity index (χ2n) is 4.93. The molecule has 2 aromatic rings. The van der Waals surface area contributed by atoms with Crippen molar-refractivity contribution in [1.82, 2.24) is 0 Å². The molecule has 4 nitrogen and oxygen atoms in total. The summed E-state index contributed by atoms with van der Waals surface area (Å²) in [6.45, 7) is 3.16. The molecule has 100 valence electrons. The highest BCUT2D eigenvalue weighted by Gasteiger charge is 2.31. The number of ketones is 2. The molecule has 0 spiro atoms. The van der Waals surface area contributed by atoms with Crippen molar-refractivity contribution in [3.63, 3.8) is 0 Å². The summed E-state index contributed by atoms with van der Waals surface area (Å²) >= 11 is 0. The molecular formula is C16H12O4. The van der Waals surface area contributed by atoms with E-state index in [9.17, 15) is 19.8 Å². The summed E-state index contributed by atoms with van der Waals surface area (Å²) in [4.78, 5) is 24.6. The highest BCUT2D eigenvalue weighted by atomic mass is 16.3. The molecule has 0 fully saturated rings. The maximum Gasteiger partial charge on any atom is 0.193 e. The summed E-state index contributed by atoms with van der Waals surface area (Å²) in [6, 6.07) is 6.26. The standard InChI is InChI=1S/C16H12O4/c1-7-8(2)15(19)13-10(14(7)18)6-9-4-3-5-11(17)12(9)16(13)20/h3-6,17,20H,1-2H3. The molecule has 0 saturated heterocycles. The van der Waals surface area contributed by atoms with Crippen LogP contribution in [0.4, 0.5) is 0 Å². The highest BCUT2D eigenvalue weighted by Crippen LogP contribution is 2.41. The molecule has 0 amide bonds. The Kier molecular flexibility index (Phi) is 2.44. The molecule has 2 N–H and O–H groups in total. The fourth-order valence-corrected chi connectivity index (χ4v) is 2.56. The van der Waals surface area contributed by atoms with Gasteiger partial charge in [-0.1, -0.05) is 12.1 Å². The van der Waals surface area contributed by atoms with Crippen molar-refractivity contribution >= 4 is 22.3 Å². The number of hydrogen-bond acceptors (Lipinski definition) is 4. The first-order chi connectivity index (χ1) is 9.43. The van der Waals surface area contributed by atoms with Crippen LogP contribution in [0.1, 0.15) is 34.6 Å². The van der Waals surface area contributed by atoms with Crippen LogP contribution in [0.2, 0.25) is 0 Å². The van der Waals surface area contributed by atoms with Crippen molar-refractivity contribution in [2.75, 3.05) is 0 Å². The van der Waals surface area contributed by atoms with Crippen LogP contribution in [0.5, 0.6) is 11.5 Å². The predicted molar refractivity (Wildman–Crippen MR) is 74.3 cm³/mol. The van der Waals surface area contributed by atoms with Crippen LogP contribution in [-0.4, -0.2) is 21.8 Å². The molecule has 0 bridgehead atoms. The van der Waals surface area contributed by atoms with Gasteiger partial charge in [0, 0.05) is 16.7 Å². The summed E-state index contributed by atoms with van der Waals surface area (Å²) in [7, 11) is 0. The molecule has 0 unspecified atom stereocenters. The summed E-state index contributed by atoms with van der Waals surface area (Å²) in [5, 5.41) is 20.9. The van der Waals surface area contributed by atoms with Gasteiger partial charge in [0.05, 0.1) is 10.9 Å². The number of rotatable bonds is 0. The van der Waals surface area contributed by atoms with Crippen LogP contribution in [0, 0.1) is 0 Å². The van der Waals surface area contributed by atoms with Gasteiger partial charge in [0.15, 0.2) is 11.6 Å². The molecular weight excluding hydrogens is 256 g/mol. The van der Waals surface area contributed by atoms with Gasteiger partial charge in [0.1, 0.15) is 11.5 Å². The molecule has 20 heavy (non-hydrogen) atoms. The summed E-state index contributed by atoms with van der Waals surface area (Å²) < 4.78 is 0. The predicted octanol–water partition coefficient (Wildman–Crippen LogP) is 2.97. The molecule has 4 heteroatoms. The van der Waals surface area contributed by atoms with Gasteiger partial charge in [-0.15, -0.1) is 0 Å². The number of allylic oxidation sites excluding steroid dienone is 2. The van der Waals surface area contributed by atoms with E-state index in [4.69, 9.17) is 0 Å². The summed E-state index contributed by atoms with van der Waals surface area (Å²) in [5.41, 5.74) is 0.884. The number of aromatic hydroxyl groups is 2. The van der Waals surface area contributed by atoms with E-state index in [1.807, 2.05) is 0 Å². The van der Waals surface area contributed by atoms with Crippen molar-refractivity contribution < 1.29 is 19.8 Å². The van der Waals surface area contributed by atoms with Crippen molar-refractivity contribution in [3.8, 4) is 11.5 Å². The van der Waals surface area contributed by atoms with Gasteiger partial charge in [-0.25, -0.2) is 0 Å². The topological polar surface area (TPSA) is 74.6 Å². The zero-order valence-electron chi connectivity index (χ0n) is 11.0. The SMILES string of the molecule is CC1=C(C)C(=O)c2c(cc3cccc(O)c3c2O)C1=O. The van der Waals surface area contributed by atoms with Gasteiger partial charge in [0.25, 0.3) is 0 Å². The average molecular weight is 268 g/mol. The summed E-state index contributed by atoms with van der Waals surface area (Å²) in [6.07, 6.45) is 0. The Morgan fingerprint density at radius 2 is 1.60 bits per heavy atom. The molecule has 0 radical (unpaired) electrons. The van der Waals surface area contributed by atoms with Crippen LogP contribution < -0.4 is 0 Å². The fourth-order valence-electron chi connectivity index (χ4n) is 2.56. The molecule has 1 aliphatic rings. The Balaban J connectivity index is 2.49. The van der Waals surface area contributed by atoms with Gasteiger partial charge >= 0.3 is 0 Å². The van der Waals surface area contributed by atoms with Crippen molar-refractivity contribution in [1.29, 1.82) is 0 Å². The van der Waals surface area contributed by atoms with E-state index in [1.54, 1.807) is 32.0 Å². The van der Waals surface area contributed by atoms with Crippen molar-refractivity contribution in [3.05, 3.63) is 46.5 Å². The molecule has 0 aromatic heterocycles. The largest absolute Gasteiger partial charge is 0.507 e. The number of phenolic OH excluding ortho intramolecular Hbond substituents is 2. The number of phenols is 2. The van der Waals surface area contributed by atoms with Crippen LogP contribution in [-0.2, 0) is 0 Å². The zero-order chi connectivity index (χ0) is 14.6. The third kappa shape index (κ3) is 1.42. The Morgan fingerprint density at radius 3 is 2.30 bits per heavy atom. The lowest BCUT2D eigenvalue weighted by Crippen LogP contribution is -2.19. The molecule has 1 aliphatic carbocycles. The Morgan fingerprint density at radius 1 is 0.950 bits per heavy atom. The fraction of sp³-hybridized carbons (Fsp3) is 0.125. The van der Waals surface area contributed by atoms with Crippen LogP contribution >= 0.6 is 0 Å². The third-order valence-corrected chi connectivity index (χ3v) is 3.83. The smallest absolute Gasteiger partial charge is 0.193 e. The number of carbonyl (C=O) groups is 2. The molecule has 2 aromatic carbocycles. The van der Waals surface area contributed by atoms with Crippen LogP contribution in [0.25, 0.3) is 10.8 Å². The Hall–Kier alpha value is -2.62. The van der Waals surface area contributed by atoms with Gasteiger partial charge < -0.3 is 10.2 Å². The lowest BCUT2D eigenvalue weighted by Gasteiger charge is -2.19. The van der Waals surface area contributed by atoms with E-state index >= 15 is 0 Å². The molecule has 0 atom stereocenters. The van der Waals surface area contributed by atoms with E-state index in [0.717, 1.165) is 0 Å². The second-order valence-corrected chi connectivity index (χ2v) is 4.93. The quantitative estimate of drug-likeness (QED) is 0.770. The average Bonchev–Trinajstić information content (AvgIpc) is 2.42. The van der Waals surface area contributed by atoms with Gasteiger partial charge in [-0.05, 0) is 31.4 Å². The Bertz CT molecular complexity index is 828. The first-order valence-corrected chi connectivity index (χ1v) is 6.18. The number of carbonyl (C=O) groups excluding carboxylic acids is 2. The van der Waals surface area contributed by atoms with E-state index in [2.05, 4.69) is 0 Å². The number of Topliss-reactive ketones (excluding diaryl/α,β-unsaturated/α-hetero) is 2. The first kappa shape index (κ1) is 12.4. The molecule has 0 heterocycles. The Labute approximate surface area is 115 Å². The highest BCUT2D eigenvalue weighted by molar-refractivity contribution is 6.29. The van der Waals surface area contributed by atoms with Crippen molar-refractivity contribution in [2.45, 2.75) is 13.8 Å². The van der Waals surface area contributed by atoms with E-state index in [1.165, 1.54) is 6.07 Å². The zero-order valence-corrected chi connectivity index (χ0v) is 11.0. The second kappa shape index (κ2) is 3.93. The monoisotopic (exact) mass is 268 g/mol. The molecule has 0 saturated carbocycles. The van der Waals surface area contributed by atoms with Crippen LogP contribution in [0.15, 0.2) is 35.4 Å². The maximum absolute atomic E-state index is 12.3. The first-order valence-electron chi connectivity index (χ1n) is 6.18. The van der Waals surface area contributed by atoms with E-state index in [-0.39, 0.29) is 39.6 Å². The number of hydrogen-bond donors (Lipinski definition) is 2. The van der Waals surface area contributed by atoms with Gasteiger partial charge in [0.2, 0.25) is 0 Å². The van der Waals surface area contributed by atoms with Gasteiger partial charge in [-0.3, -0.25) is 9.59 Å². The minimum absolute atomic E-state index is 0.0212. The minimum Gasteiger partial charge on any atom is -0.507 e. The van der Waals surface area contributed by atoms with E-state index < -0.39 is 0 Å². The summed E-state index contributed by atoms with van der Waals surface area (Å²) in [5.74, 6) is -1.09. The van der Waals surface area contributed by atoms with Crippen LogP contribution in [0.3, 0.4) is 0 Å². The lowest BCUT2D eigenvalue weighted by atomic mass is 9.83. The number of fused-ring (bicyclic) bond motifs is 2. The van der Waals surface area contributed by atoms with E-state index in [0.29, 0.717) is 16.5 Å². The van der Waals surface area contributed by atoms with Crippen molar-refractivity contribution in [2.24, 2.45) is 0 Å².